The first kappa shape index (κ1) is 44.4. The first-order valence-corrected chi connectivity index (χ1v) is 21.2. The third-order valence-corrected chi connectivity index (χ3v) is 13.5. The second-order valence-corrected chi connectivity index (χ2v) is 16.5. The molecule has 2 aliphatic carbocycles. The van der Waals surface area contributed by atoms with Crippen LogP contribution in [0.3, 0.4) is 0 Å². The van der Waals surface area contributed by atoms with Crippen LogP contribution >= 0.6 is 0 Å². The van der Waals surface area contributed by atoms with Crippen molar-refractivity contribution in [2.45, 2.75) is 38.5 Å². The van der Waals surface area contributed by atoms with Gasteiger partial charge in [-0.2, -0.15) is 36.7 Å². The van der Waals surface area contributed by atoms with Gasteiger partial charge in [0.05, 0.1) is 10.8 Å². The Labute approximate surface area is 412 Å². The van der Waals surface area contributed by atoms with Gasteiger partial charge in [-0.05, 0) is 45.5 Å². The molecule has 0 fully saturated rings. The smallest absolute Gasteiger partial charge is 0.581 e. The second kappa shape index (κ2) is 17.2. The molecule has 8 aromatic rings. The molecule has 66 heavy (non-hydrogen) atoms. The van der Waals surface area contributed by atoms with Gasteiger partial charge in [0, 0.05) is 75.0 Å². The summed E-state index contributed by atoms with van der Waals surface area (Å²) in [5, 5.41) is 17.5. The van der Waals surface area contributed by atoms with E-state index >= 15 is 0 Å². The molecular formula is C54H42N10Pt2+4. The fraction of sp³-hybridized carbons (Fsp3) is 0.148. The summed E-state index contributed by atoms with van der Waals surface area (Å²) >= 11 is 0. The van der Waals surface area contributed by atoms with Crippen LogP contribution in [0.25, 0.3) is 22.3 Å². The van der Waals surface area contributed by atoms with Crippen molar-refractivity contribution in [2.24, 2.45) is 0 Å². The van der Waals surface area contributed by atoms with Crippen LogP contribution in [0.4, 0.5) is 11.4 Å². The van der Waals surface area contributed by atoms with Crippen molar-refractivity contribution in [3.63, 3.8) is 0 Å². The van der Waals surface area contributed by atoms with E-state index in [1.165, 1.54) is 33.6 Å². The molecule has 0 saturated heterocycles. The molecule has 4 aromatic heterocycles. The summed E-state index contributed by atoms with van der Waals surface area (Å²) in [5.41, 5.74) is 18.3. The number of fused-ring (bicyclic) bond motifs is 6. The van der Waals surface area contributed by atoms with Gasteiger partial charge in [-0.3, -0.25) is 9.97 Å². The van der Waals surface area contributed by atoms with Crippen LogP contribution in [0.15, 0.2) is 169 Å². The molecule has 0 radical (unpaired) electrons. The summed E-state index contributed by atoms with van der Waals surface area (Å²) in [6, 6.07) is 52.0. The van der Waals surface area contributed by atoms with E-state index in [1.807, 2.05) is 60.2 Å². The summed E-state index contributed by atoms with van der Waals surface area (Å²) in [6.45, 7) is 8.42. The Morgan fingerprint density at radius 1 is 0.470 bits per heavy atom. The fourth-order valence-corrected chi connectivity index (χ4v) is 10.0. The molecule has 12 heteroatoms. The van der Waals surface area contributed by atoms with E-state index in [4.69, 9.17) is 0 Å². The van der Waals surface area contributed by atoms with E-state index in [1.54, 1.807) is 12.4 Å². The van der Waals surface area contributed by atoms with Crippen molar-refractivity contribution >= 4 is 23.4 Å². The van der Waals surface area contributed by atoms with Crippen molar-refractivity contribution in [3.8, 4) is 22.3 Å². The number of aromatic nitrogens is 6. The van der Waals surface area contributed by atoms with Crippen LogP contribution in [-0.4, -0.2) is 64.6 Å². The molecule has 0 bridgehead atoms. The van der Waals surface area contributed by atoms with Gasteiger partial charge in [0.2, 0.25) is 0 Å². The number of hydrogen-bond donors (Lipinski definition) is 0. The van der Waals surface area contributed by atoms with Crippen LogP contribution in [0.1, 0.15) is 72.5 Å². The quantitative estimate of drug-likeness (QED) is 0.122. The van der Waals surface area contributed by atoms with E-state index in [9.17, 15) is 0 Å². The van der Waals surface area contributed by atoms with Crippen molar-refractivity contribution in [1.29, 1.82) is 0 Å². The van der Waals surface area contributed by atoms with Gasteiger partial charge in [0.25, 0.3) is 22.8 Å². The standard InChI is InChI=1S/2C27H21N5.2Pt/c2*1-18-19(2)32(17-31(18)3)21-8-6-7-20(15-21)27(26-12-14-29-30-26)24-10-5-4-9-22(24)23-16-28-13-11-25(23)27;;/h2*4-14,16H,1-3H3;;/q;;2*+2. The van der Waals surface area contributed by atoms with E-state index in [2.05, 4.69) is 188 Å². The van der Waals surface area contributed by atoms with Gasteiger partial charge in [-0.1, -0.05) is 91.1 Å². The number of benzene rings is 4. The molecule has 10 nitrogen and oxygen atoms in total. The first-order chi connectivity index (χ1) is 31.2. The number of nitrogens with zero attached hydrogens (tertiary/aromatic N) is 10. The molecule has 4 aromatic carbocycles. The average molecular weight is 1220 g/mol. The molecule has 12 rings (SSSR count). The predicted octanol–water partition coefficient (Wildman–Crippen LogP) is 8.64. The van der Waals surface area contributed by atoms with Crippen LogP contribution in [0.5, 0.6) is 0 Å². The molecule has 0 saturated carbocycles. The summed E-state index contributed by atoms with van der Waals surface area (Å²) in [7, 11) is 4.03. The monoisotopic (exact) mass is 1220 g/mol. The number of rotatable bonds is 6. The Balaban J connectivity index is 0.000000161. The zero-order valence-corrected chi connectivity index (χ0v) is 41.5. The second-order valence-electron chi connectivity index (χ2n) is 16.5. The molecule has 2 unspecified atom stereocenters. The van der Waals surface area contributed by atoms with Gasteiger partial charge in [-0.15, -0.1) is 23.3 Å². The number of allylic oxidation sites excluding steroid dienone is 4. The third-order valence-electron chi connectivity index (χ3n) is 13.5. The normalized spacial score (nSPS) is 18.4. The summed E-state index contributed by atoms with van der Waals surface area (Å²) in [5.74, 6) is 0. The average Bonchev–Trinajstić information content (AvgIpc) is 4.22. The van der Waals surface area contributed by atoms with Gasteiger partial charge >= 0.3 is 54.1 Å². The molecular weight excluding hydrogens is 1180 g/mol. The third kappa shape index (κ3) is 6.47. The van der Waals surface area contributed by atoms with Gasteiger partial charge in [0.1, 0.15) is 11.4 Å². The maximum Gasteiger partial charge on any atom is 2.00 e. The van der Waals surface area contributed by atoms with E-state index in [-0.39, 0.29) is 42.1 Å². The Kier molecular flexibility index (Phi) is 11.6. The van der Waals surface area contributed by atoms with E-state index in [0.29, 0.717) is 0 Å². The molecule has 4 aliphatic rings. The van der Waals surface area contributed by atoms with Crippen LogP contribution in [0, 0.1) is 12.1 Å². The van der Waals surface area contributed by atoms with E-state index < -0.39 is 10.8 Å². The van der Waals surface area contributed by atoms with Crippen molar-refractivity contribution < 1.29 is 60.4 Å². The Bertz CT molecular complexity index is 3120. The molecule has 2 atom stereocenters. The predicted molar refractivity (Wildman–Crippen MR) is 242 cm³/mol. The summed E-state index contributed by atoms with van der Waals surface area (Å²) in [6.07, 6.45) is 11.1. The van der Waals surface area contributed by atoms with Crippen molar-refractivity contribution in [2.75, 3.05) is 14.1 Å². The van der Waals surface area contributed by atoms with Crippen molar-refractivity contribution in [3.05, 3.63) is 226 Å². The Hall–Kier alpha value is -6.78. The molecule has 2 aliphatic heterocycles. The number of hydrogen-bond acceptors (Lipinski definition) is 4. The van der Waals surface area contributed by atoms with Crippen LogP contribution < -0.4 is 10.2 Å². The SMILES string of the molecule is CC1=C(C)[N+](c2[c-]c(C3(c4cc[n-]n4)c4ccccc4-c4cnccc43)ccc2)=C=[N+]1C.CC1=C(C)[N+](c2[c-]c(C3(c4cc[n-]n4)c4ccccc4-c4cnccc43)ccc2)=C=[N+]1C.[Pt+2].[Pt+2]. The molecule has 6 heterocycles. The Morgan fingerprint density at radius 3 is 1.26 bits per heavy atom. The topological polar surface area (TPSA) is 91.8 Å². The summed E-state index contributed by atoms with van der Waals surface area (Å²) < 4.78 is 8.16. The Morgan fingerprint density at radius 2 is 0.879 bits per heavy atom. The molecule has 0 N–H and O–H groups in total. The fourth-order valence-electron chi connectivity index (χ4n) is 10.0. The molecule has 0 spiro atoms. The molecule has 324 valence electrons. The zero-order valence-electron chi connectivity index (χ0n) is 37.0. The van der Waals surface area contributed by atoms with Crippen molar-refractivity contribution in [1.82, 2.24) is 30.4 Å². The van der Waals surface area contributed by atoms with Gasteiger partial charge in [0.15, 0.2) is 14.1 Å². The minimum atomic E-state index is -0.611. The maximum atomic E-state index is 4.57. The van der Waals surface area contributed by atoms with E-state index in [0.717, 1.165) is 67.5 Å². The van der Waals surface area contributed by atoms with Gasteiger partial charge in [-0.25, -0.2) is 0 Å². The molecule has 0 amide bonds. The zero-order chi connectivity index (χ0) is 43.7. The van der Waals surface area contributed by atoms with Gasteiger partial charge < -0.3 is 20.4 Å². The van der Waals surface area contributed by atoms with Crippen LogP contribution in [-0.2, 0) is 53.0 Å². The van der Waals surface area contributed by atoms with Crippen LogP contribution in [0.2, 0.25) is 0 Å². The minimum absolute atomic E-state index is 0. The number of pyridine rings is 2. The summed E-state index contributed by atoms with van der Waals surface area (Å²) in [4.78, 5) is 8.85. The first-order valence-electron chi connectivity index (χ1n) is 21.2. The largest absolute Gasteiger partial charge is 2.00 e. The maximum absolute atomic E-state index is 4.57. The minimum Gasteiger partial charge on any atom is -0.581 e.